The van der Waals surface area contributed by atoms with Gasteiger partial charge in [0.2, 0.25) is 0 Å². The van der Waals surface area contributed by atoms with Crippen molar-refractivity contribution < 1.29 is 0 Å². The molecule has 2 atom stereocenters. The van der Waals surface area contributed by atoms with Gasteiger partial charge >= 0.3 is 0 Å². The Labute approximate surface area is 107 Å². The van der Waals surface area contributed by atoms with Gasteiger partial charge in [-0.05, 0) is 45.8 Å². The van der Waals surface area contributed by atoms with E-state index in [0.29, 0.717) is 12.0 Å². The molecule has 1 aliphatic rings. The molecule has 17 heavy (non-hydrogen) atoms. The van der Waals surface area contributed by atoms with E-state index in [1.165, 1.54) is 25.9 Å². The van der Waals surface area contributed by atoms with Crippen LogP contribution in [-0.4, -0.2) is 54.6 Å². The van der Waals surface area contributed by atoms with Gasteiger partial charge in [-0.1, -0.05) is 20.8 Å². The highest BCUT2D eigenvalue weighted by Gasteiger charge is 2.40. The number of likely N-dealkylation sites (N-methyl/N-ethyl adjacent to an activating group) is 1. The lowest BCUT2D eigenvalue weighted by molar-refractivity contribution is 0.00693. The Bertz CT molecular complexity index is 230. The van der Waals surface area contributed by atoms with Crippen LogP contribution in [0.5, 0.6) is 0 Å². The Kier molecular flexibility index (Phi) is 5.42. The van der Waals surface area contributed by atoms with Crippen molar-refractivity contribution in [3.05, 3.63) is 0 Å². The first-order valence-corrected chi connectivity index (χ1v) is 7.10. The number of piperidine rings is 1. The minimum Gasteiger partial charge on any atom is -0.329 e. The molecular weight excluding hydrogens is 210 g/mol. The Morgan fingerprint density at radius 3 is 2.53 bits per heavy atom. The lowest BCUT2D eigenvalue weighted by atomic mass is 9.81. The van der Waals surface area contributed by atoms with E-state index < -0.39 is 0 Å². The van der Waals surface area contributed by atoms with Gasteiger partial charge in [0.25, 0.3) is 0 Å². The zero-order valence-electron chi connectivity index (χ0n) is 12.4. The van der Waals surface area contributed by atoms with Crippen LogP contribution in [0.1, 0.15) is 40.5 Å². The molecule has 0 amide bonds. The van der Waals surface area contributed by atoms with Crippen molar-refractivity contribution in [2.75, 3.05) is 33.2 Å². The third-order valence-corrected chi connectivity index (χ3v) is 4.38. The Morgan fingerprint density at radius 2 is 2.12 bits per heavy atom. The number of rotatable bonds is 5. The average Bonchev–Trinajstić information content (AvgIpc) is 2.29. The third-order valence-electron chi connectivity index (χ3n) is 4.38. The molecule has 1 saturated heterocycles. The summed E-state index contributed by atoms with van der Waals surface area (Å²) in [6.07, 6.45) is 2.42. The normalized spacial score (nSPS) is 31.4. The largest absolute Gasteiger partial charge is 0.329 e. The van der Waals surface area contributed by atoms with Crippen LogP contribution in [0, 0.1) is 5.92 Å². The van der Waals surface area contributed by atoms with Crippen molar-refractivity contribution in [2.45, 2.75) is 52.1 Å². The van der Waals surface area contributed by atoms with Gasteiger partial charge in [0.05, 0.1) is 0 Å². The molecule has 0 aromatic heterocycles. The second-order valence-electron chi connectivity index (χ2n) is 6.14. The summed E-state index contributed by atoms with van der Waals surface area (Å²) in [6.45, 7) is 13.4. The van der Waals surface area contributed by atoms with E-state index in [9.17, 15) is 0 Å². The first kappa shape index (κ1) is 14.9. The van der Waals surface area contributed by atoms with Crippen LogP contribution in [0.25, 0.3) is 0 Å². The molecule has 1 rings (SSSR count). The monoisotopic (exact) mass is 241 g/mol. The van der Waals surface area contributed by atoms with Crippen LogP contribution < -0.4 is 5.73 Å². The van der Waals surface area contributed by atoms with Crippen molar-refractivity contribution in [3.63, 3.8) is 0 Å². The summed E-state index contributed by atoms with van der Waals surface area (Å²) in [5.74, 6) is 0.716. The fourth-order valence-corrected chi connectivity index (χ4v) is 3.11. The van der Waals surface area contributed by atoms with Crippen molar-refractivity contribution >= 4 is 0 Å². The second-order valence-corrected chi connectivity index (χ2v) is 6.14. The molecular formula is C14H31N3. The molecule has 102 valence electrons. The SMILES string of the molecule is CCN(CC(C)C)C1(CN)CCN(C)C(C)C1. The van der Waals surface area contributed by atoms with E-state index in [0.717, 1.165) is 13.1 Å². The van der Waals surface area contributed by atoms with Crippen molar-refractivity contribution in [1.29, 1.82) is 0 Å². The molecule has 0 aliphatic carbocycles. The van der Waals surface area contributed by atoms with Crippen LogP contribution in [0.3, 0.4) is 0 Å². The highest BCUT2D eigenvalue weighted by Crippen LogP contribution is 2.31. The second kappa shape index (κ2) is 6.17. The molecule has 2 unspecified atom stereocenters. The van der Waals surface area contributed by atoms with Crippen LogP contribution in [0.15, 0.2) is 0 Å². The number of nitrogens with two attached hydrogens (primary N) is 1. The Morgan fingerprint density at radius 1 is 1.47 bits per heavy atom. The molecule has 0 aromatic rings. The van der Waals surface area contributed by atoms with Crippen LogP contribution in [0.2, 0.25) is 0 Å². The Balaban J connectivity index is 2.79. The fourth-order valence-electron chi connectivity index (χ4n) is 3.11. The molecule has 1 heterocycles. The molecule has 0 radical (unpaired) electrons. The predicted octanol–water partition coefficient (Wildman–Crippen LogP) is 1.78. The summed E-state index contributed by atoms with van der Waals surface area (Å²) in [4.78, 5) is 5.08. The highest BCUT2D eigenvalue weighted by molar-refractivity contribution is 4.98. The number of hydrogen-bond acceptors (Lipinski definition) is 3. The molecule has 3 nitrogen and oxygen atoms in total. The van der Waals surface area contributed by atoms with Gasteiger partial charge in [-0.3, -0.25) is 4.90 Å². The average molecular weight is 241 g/mol. The summed E-state index contributed by atoms with van der Waals surface area (Å²) in [7, 11) is 2.23. The van der Waals surface area contributed by atoms with Crippen LogP contribution in [-0.2, 0) is 0 Å². The number of nitrogens with zero attached hydrogens (tertiary/aromatic N) is 2. The van der Waals surface area contributed by atoms with Gasteiger partial charge < -0.3 is 10.6 Å². The van der Waals surface area contributed by atoms with Crippen molar-refractivity contribution in [1.82, 2.24) is 9.80 Å². The molecule has 0 saturated carbocycles. The number of likely N-dealkylation sites (tertiary alicyclic amines) is 1. The van der Waals surface area contributed by atoms with Gasteiger partial charge in [-0.2, -0.15) is 0 Å². The van der Waals surface area contributed by atoms with E-state index >= 15 is 0 Å². The summed E-state index contributed by atoms with van der Waals surface area (Å²) >= 11 is 0. The van der Waals surface area contributed by atoms with Crippen LogP contribution >= 0.6 is 0 Å². The number of hydrogen-bond donors (Lipinski definition) is 1. The molecule has 1 aliphatic heterocycles. The lowest BCUT2D eigenvalue weighted by Crippen LogP contribution is -2.61. The molecule has 1 fully saturated rings. The van der Waals surface area contributed by atoms with E-state index in [1.54, 1.807) is 0 Å². The molecule has 3 heteroatoms. The predicted molar refractivity (Wildman–Crippen MR) is 75.2 cm³/mol. The van der Waals surface area contributed by atoms with Crippen molar-refractivity contribution in [2.24, 2.45) is 11.7 Å². The topological polar surface area (TPSA) is 32.5 Å². The minimum absolute atomic E-state index is 0.241. The standard InChI is InChI=1S/C14H31N3/c1-6-17(10-12(2)3)14(11-15)7-8-16(5)13(4)9-14/h12-13H,6-11,15H2,1-5H3. The third kappa shape index (κ3) is 3.43. The van der Waals surface area contributed by atoms with E-state index in [4.69, 9.17) is 5.73 Å². The molecule has 2 N–H and O–H groups in total. The first-order valence-electron chi connectivity index (χ1n) is 7.10. The molecule has 0 bridgehead atoms. The maximum atomic E-state index is 6.14. The molecule has 0 aromatic carbocycles. The summed E-state index contributed by atoms with van der Waals surface area (Å²) < 4.78 is 0. The van der Waals surface area contributed by atoms with Gasteiger partial charge in [0.15, 0.2) is 0 Å². The Hall–Kier alpha value is -0.120. The smallest absolute Gasteiger partial charge is 0.0358 e. The van der Waals surface area contributed by atoms with Crippen molar-refractivity contribution in [3.8, 4) is 0 Å². The lowest BCUT2D eigenvalue weighted by Gasteiger charge is -2.50. The molecule has 0 spiro atoms. The maximum absolute atomic E-state index is 6.14. The fraction of sp³-hybridized carbons (Fsp3) is 1.00. The van der Waals surface area contributed by atoms with Crippen LogP contribution in [0.4, 0.5) is 0 Å². The van der Waals surface area contributed by atoms with Gasteiger partial charge in [-0.25, -0.2) is 0 Å². The highest BCUT2D eigenvalue weighted by atomic mass is 15.2. The first-order chi connectivity index (χ1) is 7.95. The maximum Gasteiger partial charge on any atom is 0.0358 e. The summed E-state index contributed by atoms with van der Waals surface area (Å²) in [5, 5.41) is 0. The van der Waals surface area contributed by atoms with E-state index in [1.807, 2.05) is 0 Å². The summed E-state index contributed by atoms with van der Waals surface area (Å²) in [5.41, 5.74) is 6.38. The minimum atomic E-state index is 0.241. The zero-order valence-corrected chi connectivity index (χ0v) is 12.4. The summed E-state index contributed by atoms with van der Waals surface area (Å²) in [6, 6.07) is 0.647. The van der Waals surface area contributed by atoms with Gasteiger partial charge in [0.1, 0.15) is 0 Å². The quantitative estimate of drug-likeness (QED) is 0.796. The zero-order chi connectivity index (χ0) is 13.1. The van der Waals surface area contributed by atoms with Gasteiger partial charge in [0, 0.05) is 24.7 Å². The van der Waals surface area contributed by atoms with Gasteiger partial charge in [-0.15, -0.1) is 0 Å². The van der Waals surface area contributed by atoms with E-state index in [2.05, 4.69) is 44.5 Å². The van der Waals surface area contributed by atoms with E-state index in [-0.39, 0.29) is 5.54 Å².